The Morgan fingerprint density at radius 3 is 0.796 bits per heavy atom. The van der Waals surface area contributed by atoms with Crippen molar-refractivity contribution in [3.8, 4) is 0 Å². The first-order valence-electron chi connectivity index (χ1n) is 19.1. The molecule has 4 aromatic carbocycles. The number of hydrogen-bond acceptors (Lipinski definition) is 0. The van der Waals surface area contributed by atoms with Crippen LogP contribution in [0.4, 0.5) is 0 Å². The van der Waals surface area contributed by atoms with Gasteiger partial charge in [-0.3, -0.25) is 0 Å². The van der Waals surface area contributed by atoms with Gasteiger partial charge in [-0.2, -0.15) is 0 Å². The maximum absolute atomic E-state index is 4.48. The van der Waals surface area contributed by atoms with E-state index in [1.165, 1.54) is 58.4 Å². The molecule has 10 fully saturated rings. The van der Waals surface area contributed by atoms with E-state index in [2.05, 4.69) is 132 Å². The Morgan fingerprint density at radius 1 is 0.347 bits per heavy atom. The van der Waals surface area contributed by atoms with Crippen LogP contribution in [0.1, 0.15) is 66.8 Å². The van der Waals surface area contributed by atoms with E-state index in [-0.39, 0.29) is 0 Å². The third kappa shape index (κ3) is 0.884. The summed E-state index contributed by atoms with van der Waals surface area (Å²) in [6.45, 7) is 29.3. The molecule has 254 valence electrons. The average Bonchev–Trinajstić information content (AvgIpc) is 4.03. The molecule has 0 nitrogen and oxygen atoms in total. The monoisotopic (exact) mass is 768 g/mol. The van der Waals surface area contributed by atoms with E-state index in [0.29, 0.717) is 7.50 Å². The molecule has 10 saturated heterocycles. The second-order valence-electron chi connectivity index (χ2n) is 20.9. The third-order valence-electron chi connectivity index (χ3n) is 24.4. The molecule has 10 aliphatic heterocycles. The first-order valence-corrected chi connectivity index (χ1v) is 31.6. The Bertz CT molecular complexity index is 2510. The quantitative estimate of drug-likeness (QED) is 0.135. The summed E-state index contributed by atoms with van der Waals surface area (Å²) in [5.74, 6) is 0. The van der Waals surface area contributed by atoms with Gasteiger partial charge in [-0.15, -0.1) is 0 Å². The van der Waals surface area contributed by atoms with Gasteiger partial charge in [0.2, 0.25) is 0 Å². The van der Waals surface area contributed by atoms with Crippen LogP contribution in [0.2, 0.25) is 36.1 Å². The molecule has 10 aliphatic rings. The first-order chi connectivity index (χ1) is 23.0. The van der Waals surface area contributed by atoms with Crippen LogP contribution in [-0.2, 0) is 7.72 Å². The van der Waals surface area contributed by atoms with Gasteiger partial charge < -0.3 is 0 Å². The van der Waals surface area contributed by atoms with E-state index < -0.39 is 23.6 Å². The fourth-order valence-corrected chi connectivity index (χ4v) is 198. The molecular formula is C46H52P2Ru. The second kappa shape index (κ2) is 4.77. The summed E-state index contributed by atoms with van der Waals surface area (Å²) in [5, 5.41) is 7.24. The van der Waals surface area contributed by atoms with Crippen LogP contribution in [0.15, 0.2) is 48.5 Å². The van der Waals surface area contributed by atoms with Crippen LogP contribution >= 0.6 is 15.8 Å². The molecule has 0 radical (unpaired) electrons. The average molecular weight is 768 g/mol. The van der Waals surface area contributed by atoms with E-state index in [4.69, 9.17) is 0 Å². The van der Waals surface area contributed by atoms with Crippen molar-refractivity contribution in [2.24, 2.45) is 0 Å². The molecular weight excluding hydrogens is 716 g/mol. The third-order valence-corrected chi connectivity index (χ3v) is 110. The molecule has 1 spiro atoms. The molecule has 0 amide bonds. The standard InChI is InChI=1S/C41H47P2.C5H5.Ru/c1-24-16-20-36(32(9)28(24)5)42(37-21-17-25(2)29(6)33(37)10)40-14-13-15-41(40)43(38-22-18-26(3)30(7)34(38)11)39-23-19-27(4)31(8)35(39)12;1-2-4-5-3-1;/h13-23H,1-12H3;1-5H;. The van der Waals surface area contributed by atoms with Gasteiger partial charge in [0.05, 0.1) is 0 Å². The SMILES string of the molecule is Cc1ccc(P(c2ccc(C)c(C)c2C)[C]23[CH]4[CH]5[CH]6[C]2(P(c2ccc(C)c(C)c2C)c2ccc(C)c(C)c2C)[Ru]54632789[CH]3[CH]2[CH]7[CH]8[CH]39)c(C)c1C. The van der Waals surface area contributed by atoms with Crippen molar-refractivity contribution in [3.05, 3.63) is 115 Å². The number of hydrogen-bond donors (Lipinski definition) is 0. The van der Waals surface area contributed by atoms with Crippen molar-refractivity contribution in [1.29, 1.82) is 0 Å². The molecule has 4 unspecified atom stereocenters. The Balaban J connectivity index is 1.16. The van der Waals surface area contributed by atoms with Crippen LogP contribution < -0.4 is 21.2 Å². The minimum absolute atomic E-state index is 0.452. The Labute approximate surface area is 285 Å². The Morgan fingerprint density at radius 2 is 0.592 bits per heavy atom. The van der Waals surface area contributed by atoms with Gasteiger partial charge in [0, 0.05) is 0 Å². The van der Waals surface area contributed by atoms with Gasteiger partial charge in [0.15, 0.2) is 0 Å². The fraction of sp³-hybridized carbons (Fsp3) is 0.478. The van der Waals surface area contributed by atoms with E-state index >= 15 is 0 Å². The summed E-state index contributed by atoms with van der Waals surface area (Å²) in [5.41, 5.74) is 18.7. The molecule has 0 aromatic heterocycles. The van der Waals surface area contributed by atoms with Gasteiger partial charge in [0.1, 0.15) is 0 Å². The number of fused-ring (bicyclic) bond motifs is 10. The van der Waals surface area contributed by atoms with Crippen LogP contribution in [0.3, 0.4) is 0 Å². The van der Waals surface area contributed by atoms with Gasteiger partial charge in [-0.25, -0.2) is 0 Å². The molecule has 3 heteroatoms. The zero-order chi connectivity index (χ0) is 34.0. The summed E-state index contributed by atoms with van der Waals surface area (Å²) in [4.78, 5) is 0. The van der Waals surface area contributed by atoms with Crippen molar-refractivity contribution in [3.63, 3.8) is 0 Å². The molecule has 0 bridgehead atoms. The molecule has 0 N–H and O–H groups in total. The van der Waals surface area contributed by atoms with Gasteiger partial charge in [-0.1, -0.05) is 0 Å². The Hall–Kier alpha value is -1.64. The maximum atomic E-state index is 2.70. The molecule has 4 aromatic rings. The summed E-state index contributed by atoms with van der Waals surface area (Å²) < 4.78 is 11.4. The van der Waals surface area contributed by atoms with Crippen molar-refractivity contribution >= 4 is 37.1 Å². The molecule has 0 saturated carbocycles. The second-order valence-corrected chi connectivity index (χ2v) is 63.5. The molecule has 0 aliphatic carbocycles. The molecule has 4 atom stereocenters. The summed E-state index contributed by atoms with van der Waals surface area (Å²) in [6, 6.07) is 20.9. The van der Waals surface area contributed by atoms with Crippen molar-refractivity contribution in [2.75, 3.05) is 0 Å². The fourth-order valence-electron chi connectivity index (χ4n) is 23.3. The van der Waals surface area contributed by atoms with Crippen molar-refractivity contribution < 1.29 is 7.72 Å². The normalized spacial score (nSPS) is 50.8. The van der Waals surface area contributed by atoms with Crippen LogP contribution in [0.25, 0.3) is 0 Å². The molecule has 10 heterocycles. The predicted octanol–water partition coefficient (Wildman–Crippen LogP) is 11.2. The zero-order valence-electron chi connectivity index (χ0n) is 31.5. The summed E-state index contributed by atoms with van der Waals surface area (Å²) in [7, 11) is -5.39. The van der Waals surface area contributed by atoms with Gasteiger partial charge in [-0.05, 0) is 0 Å². The van der Waals surface area contributed by atoms with Crippen molar-refractivity contribution in [1.82, 2.24) is 0 Å². The minimum atomic E-state index is -4.48. The molecule has 49 heavy (non-hydrogen) atoms. The van der Waals surface area contributed by atoms with E-state index in [1.54, 1.807) is 44.5 Å². The summed E-state index contributed by atoms with van der Waals surface area (Å²) >= 11 is 0. The van der Waals surface area contributed by atoms with Crippen LogP contribution in [0, 0.1) is 83.1 Å². The predicted molar refractivity (Wildman–Crippen MR) is 210 cm³/mol. The van der Waals surface area contributed by atoms with Gasteiger partial charge in [0.25, 0.3) is 0 Å². The summed E-state index contributed by atoms with van der Waals surface area (Å²) in [6.07, 6.45) is 0. The zero-order valence-corrected chi connectivity index (χ0v) is 35.0. The van der Waals surface area contributed by atoms with Gasteiger partial charge >= 0.3 is 287 Å². The first kappa shape index (κ1) is 27.9. The van der Waals surface area contributed by atoms with Crippen LogP contribution in [-0.4, -0.2) is 7.50 Å². The van der Waals surface area contributed by atoms with E-state index in [9.17, 15) is 0 Å². The van der Waals surface area contributed by atoms with E-state index in [0.717, 1.165) is 0 Å². The van der Waals surface area contributed by atoms with E-state index in [1.807, 2.05) is 21.2 Å². The van der Waals surface area contributed by atoms with Crippen molar-refractivity contribution in [2.45, 2.75) is 127 Å². The number of aryl methyl sites for hydroxylation is 4. The number of benzene rings is 4. The Kier molecular flexibility index (Phi) is 2.72. The topological polar surface area (TPSA) is 0 Å². The molecule has 14 rings (SSSR count). The van der Waals surface area contributed by atoms with Crippen LogP contribution in [0.5, 0.6) is 0 Å². The number of rotatable bonds is 6.